The molecule has 0 bridgehead atoms. The van der Waals surface area contributed by atoms with Gasteiger partial charge in [-0.25, -0.2) is 0 Å². The summed E-state index contributed by atoms with van der Waals surface area (Å²) in [4.78, 5) is 13.2. The minimum absolute atomic E-state index is 0.206. The standard InChI is InChI=1S/C15H22N2O2/c1-11(18)13-4-2-3-5-14(13)17-8-6-12(7-9-17)10-15(16)19/h2-5,11-12,18H,6-10H2,1H3,(H2,16,19). The van der Waals surface area contributed by atoms with Crippen LogP contribution in [0, 0.1) is 5.92 Å². The molecule has 1 aromatic carbocycles. The Hall–Kier alpha value is -1.55. The third-order valence-electron chi connectivity index (χ3n) is 3.83. The summed E-state index contributed by atoms with van der Waals surface area (Å²) in [5.41, 5.74) is 7.32. The predicted molar refractivity (Wildman–Crippen MR) is 75.8 cm³/mol. The Balaban J connectivity index is 2.03. The Labute approximate surface area is 114 Å². The molecular weight excluding hydrogens is 240 g/mol. The SMILES string of the molecule is CC(O)c1ccccc1N1CCC(CC(N)=O)CC1. The number of nitrogens with zero attached hydrogens (tertiary/aromatic N) is 1. The van der Waals surface area contributed by atoms with Crippen LogP contribution in [0.25, 0.3) is 0 Å². The maximum Gasteiger partial charge on any atom is 0.217 e. The average molecular weight is 262 g/mol. The van der Waals surface area contributed by atoms with Crippen LogP contribution in [0.2, 0.25) is 0 Å². The Bertz CT molecular complexity index is 438. The number of nitrogens with two attached hydrogens (primary N) is 1. The topological polar surface area (TPSA) is 66.6 Å². The summed E-state index contributed by atoms with van der Waals surface area (Å²) in [6.45, 7) is 3.63. The normalized spacial score (nSPS) is 18.3. The highest BCUT2D eigenvalue weighted by Gasteiger charge is 2.22. The Morgan fingerprint density at radius 2 is 2.05 bits per heavy atom. The zero-order valence-electron chi connectivity index (χ0n) is 11.4. The van der Waals surface area contributed by atoms with Crippen LogP contribution < -0.4 is 10.6 Å². The van der Waals surface area contributed by atoms with Gasteiger partial charge in [-0.1, -0.05) is 18.2 Å². The monoisotopic (exact) mass is 262 g/mol. The fraction of sp³-hybridized carbons (Fsp3) is 0.533. The number of rotatable bonds is 4. The molecule has 1 aliphatic heterocycles. The van der Waals surface area contributed by atoms with E-state index < -0.39 is 6.10 Å². The summed E-state index contributed by atoms with van der Waals surface area (Å²) in [6.07, 6.45) is 2.00. The second kappa shape index (κ2) is 6.06. The summed E-state index contributed by atoms with van der Waals surface area (Å²) >= 11 is 0. The number of para-hydroxylation sites is 1. The number of piperidine rings is 1. The van der Waals surface area contributed by atoms with Gasteiger partial charge in [0.2, 0.25) is 5.91 Å². The number of amides is 1. The number of hydrogen-bond acceptors (Lipinski definition) is 3. The predicted octanol–water partition coefficient (Wildman–Crippen LogP) is 1.83. The van der Waals surface area contributed by atoms with Crippen LogP contribution in [0.4, 0.5) is 5.69 Å². The first-order valence-electron chi connectivity index (χ1n) is 6.88. The zero-order valence-corrected chi connectivity index (χ0v) is 11.4. The van der Waals surface area contributed by atoms with Crippen molar-refractivity contribution >= 4 is 11.6 Å². The van der Waals surface area contributed by atoms with Gasteiger partial charge >= 0.3 is 0 Å². The molecule has 19 heavy (non-hydrogen) atoms. The highest BCUT2D eigenvalue weighted by Crippen LogP contribution is 2.30. The minimum Gasteiger partial charge on any atom is -0.389 e. The summed E-state index contributed by atoms with van der Waals surface area (Å²) in [6, 6.07) is 7.97. The first kappa shape index (κ1) is 13.9. The molecule has 1 heterocycles. The van der Waals surface area contributed by atoms with E-state index in [2.05, 4.69) is 11.0 Å². The van der Waals surface area contributed by atoms with Crippen LogP contribution in [0.5, 0.6) is 0 Å². The van der Waals surface area contributed by atoms with E-state index in [1.807, 2.05) is 18.2 Å². The number of anilines is 1. The molecule has 1 saturated heterocycles. The van der Waals surface area contributed by atoms with Crippen LogP contribution in [0.3, 0.4) is 0 Å². The number of carbonyl (C=O) groups is 1. The van der Waals surface area contributed by atoms with Gasteiger partial charge in [-0.15, -0.1) is 0 Å². The molecule has 4 nitrogen and oxygen atoms in total. The molecule has 1 aromatic rings. The molecule has 0 aliphatic carbocycles. The Morgan fingerprint density at radius 1 is 1.42 bits per heavy atom. The summed E-state index contributed by atoms with van der Waals surface area (Å²) in [5, 5.41) is 9.82. The van der Waals surface area contributed by atoms with Crippen molar-refractivity contribution in [3.63, 3.8) is 0 Å². The highest BCUT2D eigenvalue weighted by atomic mass is 16.3. The van der Waals surface area contributed by atoms with Gasteiger partial charge in [0.25, 0.3) is 0 Å². The van der Waals surface area contributed by atoms with E-state index in [0.717, 1.165) is 37.2 Å². The van der Waals surface area contributed by atoms with E-state index in [9.17, 15) is 9.90 Å². The molecule has 0 radical (unpaired) electrons. The summed E-state index contributed by atoms with van der Waals surface area (Å²) < 4.78 is 0. The number of aliphatic hydroxyl groups is 1. The van der Waals surface area contributed by atoms with Crippen molar-refractivity contribution in [3.05, 3.63) is 29.8 Å². The lowest BCUT2D eigenvalue weighted by molar-refractivity contribution is -0.119. The molecule has 1 amide bonds. The third kappa shape index (κ3) is 3.47. The molecule has 1 fully saturated rings. The molecule has 1 unspecified atom stereocenters. The Morgan fingerprint density at radius 3 is 2.63 bits per heavy atom. The van der Waals surface area contributed by atoms with Crippen LogP contribution in [-0.4, -0.2) is 24.1 Å². The number of aliphatic hydroxyl groups excluding tert-OH is 1. The molecule has 0 aromatic heterocycles. The molecule has 1 aliphatic rings. The maximum atomic E-state index is 10.9. The summed E-state index contributed by atoms with van der Waals surface area (Å²) in [7, 11) is 0. The lowest BCUT2D eigenvalue weighted by atomic mass is 9.92. The number of hydrogen-bond donors (Lipinski definition) is 2. The minimum atomic E-state index is -0.459. The first-order chi connectivity index (χ1) is 9.08. The number of primary amides is 1. The lowest BCUT2D eigenvalue weighted by Crippen LogP contribution is -2.35. The van der Waals surface area contributed by atoms with Crippen LogP contribution in [0.1, 0.15) is 37.9 Å². The number of carbonyl (C=O) groups excluding carboxylic acids is 1. The van der Waals surface area contributed by atoms with Crippen molar-refractivity contribution in [1.82, 2.24) is 0 Å². The third-order valence-corrected chi connectivity index (χ3v) is 3.83. The zero-order chi connectivity index (χ0) is 13.8. The molecule has 2 rings (SSSR count). The van der Waals surface area contributed by atoms with E-state index >= 15 is 0 Å². The van der Waals surface area contributed by atoms with Gasteiger partial charge in [0.1, 0.15) is 0 Å². The molecule has 4 heteroatoms. The van der Waals surface area contributed by atoms with Crippen LogP contribution in [0.15, 0.2) is 24.3 Å². The van der Waals surface area contributed by atoms with Crippen molar-refractivity contribution in [2.45, 2.75) is 32.3 Å². The van der Waals surface area contributed by atoms with Crippen molar-refractivity contribution in [2.75, 3.05) is 18.0 Å². The van der Waals surface area contributed by atoms with Crippen molar-refractivity contribution in [2.24, 2.45) is 11.7 Å². The smallest absolute Gasteiger partial charge is 0.217 e. The quantitative estimate of drug-likeness (QED) is 0.870. The van der Waals surface area contributed by atoms with Gasteiger partial charge in [-0.05, 0) is 31.7 Å². The molecule has 3 N–H and O–H groups in total. The fourth-order valence-electron chi connectivity index (χ4n) is 2.79. The van der Waals surface area contributed by atoms with Gasteiger partial charge < -0.3 is 15.7 Å². The first-order valence-corrected chi connectivity index (χ1v) is 6.88. The van der Waals surface area contributed by atoms with E-state index in [4.69, 9.17) is 5.73 Å². The molecule has 0 spiro atoms. The molecule has 0 saturated carbocycles. The largest absolute Gasteiger partial charge is 0.389 e. The highest BCUT2D eigenvalue weighted by molar-refractivity contribution is 5.74. The van der Waals surface area contributed by atoms with Gasteiger partial charge in [0, 0.05) is 30.8 Å². The van der Waals surface area contributed by atoms with Crippen molar-refractivity contribution < 1.29 is 9.90 Å². The van der Waals surface area contributed by atoms with Crippen LogP contribution >= 0.6 is 0 Å². The van der Waals surface area contributed by atoms with Crippen molar-refractivity contribution in [1.29, 1.82) is 0 Å². The van der Waals surface area contributed by atoms with Gasteiger partial charge in [-0.3, -0.25) is 4.79 Å². The molecule has 104 valence electrons. The molecular formula is C15H22N2O2. The fourth-order valence-corrected chi connectivity index (χ4v) is 2.79. The van der Waals surface area contributed by atoms with Gasteiger partial charge in [0.05, 0.1) is 6.10 Å². The van der Waals surface area contributed by atoms with Gasteiger partial charge in [-0.2, -0.15) is 0 Å². The van der Waals surface area contributed by atoms with Gasteiger partial charge in [0.15, 0.2) is 0 Å². The van der Waals surface area contributed by atoms with Crippen LogP contribution in [-0.2, 0) is 4.79 Å². The van der Waals surface area contributed by atoms with E-state index in [-0.39, 0.29) is 5.91 Å². The molecule has 1 atom stereocenters. The van der Waals surface area contributed by atoms with Crippen molar-refractivity contribution in [3.8, 4) is 0 Å². The second-order valence-corrected chi connectivity index (χ2v) is 5.34. The lowest BCUT2D eigenvalue weighted by Gasteiger charge is -2.34. The van der Waals surface area contributed by atoms with E-state index in [1.165, 1.54) is 0 Å². The van der Waals surface area contributed by atoms with E-state index in [1.54, 1.807) is 6.92 Å². The second-order valence-electron chi connectivity index (χ2n) is 5.34. The number of benzene rings is 1. The Kier molecular flexibility index (Phi) is 4.43. The van der Waals surface area contributed by atoms with E-state index in [0.29, 0.717) is 12.3 Å². The summed E-state index contributed by atoms with van der Waals surface area (Å²) in [5.74, 6) is 0.204. The average Bonchev–Trinajstić information content (AvgIpc) is 2.39. The maximum absolute atomic E-state index is 10.9.